The number of ether oxygens (including phenoxy) is 2. The average Bonchev–Trinajstić information content (AvgIpc) is 3.48. The molecule has 2 N–H and O–H groups in total. The van der Waals surface area contributed by atoms with E-state index in [2.05, 4.69) is 5.43 Å². The zero-order valence-electron chi connectivity index (χ0n) is 26.9. The smallest absolute Gasteiger partial charge is 0.260 e. The lowest BCUT2D eigenvalue weighted by atomic mass is 9.49. The Morgan fingerprint density at radius 2 is 1.71 bits per heavy atom. The second-order valence-corrected chi connectivity index (χ2v) is 13.6. The normalized spacial score (nSPS) is 27.4. The molecule has 2 heterocycles. The Morgan fingerprint density at radius 1 is 0.959 bits per heavy atom. The zero-order chi connectivity index (χ0) is 34.6. The van der Waals surface area contributed by atoms with Crippen molar-refractivity contribution >= 4 is 52.5 Å². The number of rotatable bonds is 9. The van der Waals surface area contributed by atoms with Crippen LogP contribution in [0.5, 0.6) is 11.5 Å². The summed E-state index contributed by atoms with van der Waals surface area (Å²) in [6.45, 7) is 1.80. The molecule has 0 spiro atoms. The highest BCUT2D eigenvalue weighted by atomic mass is 35.5. The van der Waals surface area contributed by atoms with E-state index < -0.39 is 46.8 Å². The zero-order valence-corrected chi connectivity index (χ0v) is 28.4. The van der Waals surface area contributed by atoms with Gasteiger partial charge in [0.1, 0.15) is 18.1 Å². The van der Waals surface area contributed by atoms with Crippen LogP contribution in [0.4, 0.5) is 5.69 Å². The SMILES string of the molecule is CCN1C(=O)C2CC=C3C(CC4C(=O)N(Nc5ccc(Cl)cc5Cl)C(=O)C4(c4ccc(OC)cc4)C3c3ccccc3OCCO)C2C1=O. The summed E-state index contributed by atoms with van der Waals surface area (Å²) in [5.74, 6) is -3.93. The van der Waals surface area contributed by atoms with Crippen molar-refractivity contribution in [1.29, 1.82) is 0 Å². The molecule has 3 aromatic rings. The summed E-state index contributed by atoms with van der Waals surface area (Å²) in [5.41, 5.74) is 3.81. The number of carbonyl (C=O) groups is 4. The molecule has 2 aliphatic heterocycles. The third-order valence-electron chi connectivity index (χ3n) is 10.6. The Labute approximate surface area is 293 Å². The number of likely N-dealkylation sites (tertiary alicyclic amines) is 1. The fraction of sp³-hybridized carbons (Fsp3) is 0.351. The Kier molecular flexibility index (Phi) is 8.67. The maximum atomic E-state index is 15.3. The number of para-hydroxylation sites is 1. The number of hydrogen-bond acceptors (Lipinski definition) is 8. The number of aliphatic hydroxyl groups is 1. The first-order chi connectivity index (χ1) is 23.7. The van der Waals surface area contributed by atoms with Crippen LogP contribution in [0.25, 0.3) is 0 Å². The van der Waals surface area contributed by atoms with Crippen molar-refractivity contribution in [3.8, 4) is 11.5 Å². The standard InChI is InChI=1S/C37H35Cl2N3O7/c1-3-41-33(44)25-14-13-23-26(31(25)35(41)46)19-27-34(45)42(40-29-15-10-21(38)18-28(29)39)36(47)37(27,20-8-11-22(48-2)12-9-20)32(23)24-6-4-5-7-30(24)49-17-16-43/h4-13,15,18,25-27,31-32,40,43H,3,14,16-17,19H2,1-2H3. The number of amides is 4. The molecule has 2 saturated heterocycles. The molecule has 6 atom stereocenters. The van der Waals surface area contributed by atoms with Gasteiger partial charge >= 0.3 is 0 Å². The van der Waals surface area contributed by atoms with Gasteiger partial charge in [0, 0.05) is 23.0 Å². The first-order valence-corrected chi connectivity index (χ1v) is 17.0. The number of aliphatic hydroxyl groups excluding tert-OH is 1. The molecule has 3 aromatic carbocycles. The lowest BCUT2D eigenvalue weighted by Gasteiger charge is -2.50. The number of fused-ring (bicyclic) bond motifs is 4. The molecule has 6 unspecified atom stereocenters. The van der Waals surface area contributed by atoms with Crippen molar-refractivity contribution in [2.24, 2.45) is 23.7 Å². The topological polar surface area (TPSA) is 125 Å². The first-order valence-electron chi connectivity index (χ1n) is 16.3. The van der Waals surface area contributed by atoms with Crippen LogP contribution in [0.15, 0.2) is 78.4 Å². The minimum atomic E-state index is -1.51. The predicted molar refractivity (Wildman–Crippen MR) is 182 cm³/mol. The van der Waals surface area contributed by atoms with Crippen LogP contribution < -0.4 is 14.9 Å². The van der Waals surface area contributed by atoms with E-state index in [0.717, 1.165) is 10.6 Å². The van der Waals surface area contributed by atoms with Crippen LogP contribution in [0, 0.1) is 23.7 Å². The molecule has 2 aliphatic carbocycles. The fourth-order valence-electron chi connectivity index (χ4n) is 8.57. The summed E-state index contributed by atoms with van der Waals surface area (Å²) in [7, 11) is 1.55. The Balaban J connectivity index is 1.48. The number of benzene rings is 3. The second kappa shape index (κ2) is 12.8. The molecule has 0 radical (unpaired) electrons. The quantitative estimate of drug-likeness (QED) is 0.225. The van der Waals surface area contributed by atoms with Crippen molar-refractivity contribution in [2.75, 3.05) is 32.3 Å². The minimum Gasteiger partial charge on any atom is -0.497 e. The molecule has 7 rings (SSSR count). The lowest BCUT2D eigenvalue weighted by Crippen LogP contribution is -2.53. The monoisotopic (exact) mass is 703 g/mol. The highest BCUT2D eigenvalue weighted by molar-refractivity contribution is 6.36. The summed E-state index contributed by atoms with van der Waals surface area (Å²) in [6.07, 6.45) is 2.47. The molecule has 0 aromatic heterocycles. The van der Waals surface area contributed by atoms with Gasteiger partial charge in [-0.2, -0.15) is 5.01 Å². The lowest BCUT2D eigenvalue weighted by molar-refractivity contribution is -0.141. The Bertz CT molecular complexity index is 1880. The van der Waals surface area contributed by atoms with Crippen LogP contribution in [0.1, 0.15) is 36.8 Å². The van der Waals surface area contributed by atoms with Gasteiger partial charge < -0.3 is 14.6 Å². The number of halogens is 2. The van der Waals surface area contributed by atoms with Gasteiger partial charge in [-0.15, -0.1) is 0 Å². The van der Waals surface area contributed by atoms with E-state index in [0.29, 0.717) is 39.8 Å². The van der Waals surface area contributed by atoms with E-state index in [-0.39, 0.29) is 43.0 Å². The summed E-state index contributed by atoms with van der Waals surface area (Å²) in [6, 6.07) is 19.1. The molecule has 1 saturated carbocycles. The first kappa shape index (κ1) is 33.1. The van der Waals surface area contributed by atoms with Crippen molar-refractivity contribution in [1.82, 2.24) is 9.91 Å². The number of imide groups is 2. The molecule has 10 nitrogen and oxygen atoms in total. The predicted octanol–water partition coefficient (Wildman–Crippen LogP) is 5.38. The van der Waals surface area contributed by atoms with Gasteiger partial charge in [-0.05, 0) is 67.6 Å². The van der Waals surface area contributed by atoms with E-state index in [1.165, 1.54) is 11.0 Å². The number of hydrogen-bond donors (Lipinski definition) is 2. The van der Waals surface area contributed by atoms with Gasteiger partial charge in [0.25, 0.3) is 11.8 Å². The number of anilines is 1. The summed E-state index contributed by atoms with van der Waals surface area (Å²) in [4.78, 5) is 58.8. The van der Waals surface area contributed by atoms with Gasteiger partial charge in [-0.3, -0.25) is 29.5 Å². The van der Waals surface area contributed by atoms with E-state index >= 15 is 4.79 Å². The van der Waals surface area contributed by atoms with E-state index in [4.69, 9.17) is 32.7 Å². The molecular weight excluding hydrogens is 669 g/mol. The van der Waals surface area contributed by atoms with Gasteiger partial charge in [0.15, 0.2) is 0 Å². The van der Waals surface area contributed by atoms with Crippen LogP contribution in [-0.2, 0) is 24.6 Å². The number of allylic oxidation sites excluding steroid dienone is 2. The molecular formula is C37H35Cl2N3O7. The summed E-state index contributed by atoms with van der Waals surface area (Å²) < 4.78 is 11.5. The number of methoxy groups -OCH3 is 1. The number of nitrogens with zero attached hydrogens (tertiary/aromatic N) is 2. The molecule has 0 bridgehead atoms. The number of carbonyl (C=O) groups excluding carboxylic acids is 4. The number of nitrogens with one attached hydrogen (secondary N) is 1. The van der Waals surface area contributed by atoms with Crippen molar-refractivity contribution in [3.63, 3.8) is 0 Å². The van der Waals surface area contributed by atoms with Crippen LogP contribution >= 0.6 is 23.2 Å². The van der Waals surface area contributed by atoms with Crippen molar-refractivity contribution in [2.45, 2.75) is 31.1 Å². The van der Waals surface area contributed by atoms with Crippen LogP contribution in [-0.4, -0.2) is 65.5 Å². The highest BCUT2D eigenvalue weighted by Crippen LogP contribution is 2.65. The molecule has 4 amide bonds. The maximum Gasteiger partial charge on any atom is 0.260 e. The van der Waals surface area contributed by atoms with Crippen molar-refractivity contribution in [3.05, 3.63) is 99.6 Å². The van der Waals surface area contributed by atoms with Crippen LogP contribution in [0.2, 0.25) is 10.0 Å². The summed E-state index contributed by atoms with van der Waals surface area (Å²) >= 11 is 12.7. The molecule has 4 aliphatic rings. The highest BCUT2D eigenvalue weighted by Gasteiger charge is 2.70. The molecule has 254 valence electrons. The molecule has 49 heavy (non-hydrogen) atoms. The minimum absolute atomic E-state index is 0.00391. The number of hydrazine groups is 1. The Hall–Kier alpha value is -4.38. The van der Waals surface area contributed by atoms with Crippen LogP contribution in [0.3, 0.4) is 0 Å². The fourth-order valence-corrected chi connectivity index (χ4v) is 9.02. The molecule has 12 heteroatoms. The van der Waals surface area contributed by atoms with E-state index in [1.807, 2.05) is 18.2 Å². The van der Waals surface area contributed by atoms with Gasteiger partial charge in [0.2, 0.25) is 11.8 Å². The van der Waals surface area contributed by atoms with Crippen molar-refractivity contribution < 1.29 is 33.8 Å². The van der Waals surface area contributed by atoms with Gasteiger partial charge in [0.05, 0.1) is 47.6 Å². The molecule has 3 fully saturated rings. The van der Waals surface area contributed by atoms with E-state index in [9.17, 15) is 19.5 Å². The third kappa shape index (κ3) is 5.03. The third-order valence-corrected chi connectivity index (χ3v) is 11.1. The average molecular weight is 705 g/mol. The summed E-state index contributed by atoms with van der Waals surface area (Å²) in [5, 5.41) is 11.3. The second-order valence-electron chi connectivity index (χ2n) is 12.7. The largest absolute Gasteiger partial charge is 0.497 e. The van der Waals surface area contributed by atoms with Gasteiger partial charge in [-0.1, -0.05) is 65.2 Å². The maximum absolute atomic E-state index is 15.3. The Morgan fingerprint density at radius 3 is 2.41 bits per heavy atom. The van der Waals surface area contributed by atoms with E-state index in [1.54, 1.807) is 62.6 Å². The van der Waals surface area contributed by atoms with Gasteiger partial charge in [-0.25, -0.2) is 0 Å².